The maximum atomic E-state index is 6.32. The highest BCUT2D eigenvalue weighted by atomic mass is 14.8. The van der Waals surface area contributed by atoms with Crippen LogP contribution >= 0.6 is 0 Å². The SMILES string of the molecule is C[C@@H](/C=C\C=C(/N)C1CC=CCC1)c1ccccc1C1C=C(c2ccccc2)C=N1. The molecule has 0 saturated heterocycles. The number of nitrogens with zero attached hydrogens (tertiary/aromatic N) is 1. The second kappa shape index (κ2) is 9.58. The smallest absolute Gasteiger partial charge is 0.0942 e. The highest BCUT2D eigenvalue weighted by Crippen LogP contribution is 2.34. The molecule has 2 unspecified atom stereocenters. The molecule has 152 valence electrons. The molecule has 2 N–H and O–H groups in total. The molecular weight excluding hydrogens is 364 g/mol. The second-order valence-corrected chi connectivity index (χ2v) is 8.16. The largest absolute Gasteiger partial charge is 0.402 e. The molecule has 1 aliphatic heterocycles. The van der Waals surface area contributed by atoms with E-state index in [-0.39, 0.29) is 6.04 Å². The molecule has 2 aromatic carbocycles. The number of benzene rings is 2. The Labute approximate surface area is 180 Å². The zero-order valence-electron chi connectivity index (χ0n) is 17.6. The van der Waals surface area contributed by atoms with Crippen molar-refractivity contribution >= 4 is 11.8 Å². The molecule has 2 aromatic rings. The Morgan fingerprint density at radius 1 is 1.07 bits per heavy atom. The molecule has 4 rings (SSSR count). The summed E-state index contributed by atoms with van der Waals surface area (Å²) in [6.45, 7) is 2.24. The molecule has 0 aromatic heterocycles. The lowest BCUT2D eigenvalue weighted by atomic mass is 9.90. The molecule has 0 radical (unpaired) electrons. The topological polar surface area (TPSA) is 38.4 Å². The van der Waals surface area contributed by atoms with Crippen LogP contribution in [0.3, 0.4) is 0 Å². The van der Waals surface area contributed by atoms with E-state index in [0.29, 0.717) is 11.8 Å². The minimum Gasteiger partial charge on any atom is -0.402 e. The maximum Gasteiger partial charge on any atom is 0.0942 e. The van der Waals surface area contributed by atoms with Crippen molar-refractivity contribution in [1.29, 1.82) is 0 Å². The van der Waals surface area contributed by atoms with E-state index in [2.05, 4.69) is 91.9 Å². The summed E-state index contributed by atoms with van der Waals surface area (Å²) in [7, 11) is 0. The first-order chi connectivity index (χ1) is 14.7. The molecule has 0 bridgehead atoms. The molecular formula is C28H30N2. The first kappa shape index (κ1) is 20.2. The zero-order chi connectivity index (χ0) is 20.8. The lowest BCUT2D eigenvalue weighted by Crippen LogP contribution is -2.12. The standard InChI is InChI=1S/C28H30N2/c1-21(11-10-18-27(29)23-14-6-3-7-15-23)25-16-8-9-17-26(25)28-19-24(20-30-28)22-12-4-2-5-13-22/h2-6,8-13,16-21,23,28H,7,14-15,29H2,1H3/b11-10-,27-18-/t21-,23?,28?/m0/s1. The van der Waals surface area contributed by atoms with Gasteiger partial charge >= 0.3 is 0 Å². The van der Waals surface area contributed by atoms with Crippen LogP contribution in [0.5, 0.6) is 0 Å². The summed E-state index contributed by atoms with van der Waals surface area (Å²) in [5.41, 5.74) is 12.3. The van der Waals surface area contributed by atoms with Crippen molar-refractivity contribution in [3.05, 3.63) is 113 Å². The molecule has 2 nitrogen and oxygen atoms in total. The Bertz CT molecular complexity index is 1010. The van der Waals surface area contributed by atoms with E-state index in [1.807, 2.05) is 12.3 Å². The van der Waals surface area contributed by atoms with Gasteiger partial charge in [-0.25, -0.2) is 0 Å². The van der Waals surface area contributed by atoms with Crippen molar-refractivity contribution in [3.8, 4) is 0 Å². The van der Waals surface area contributed by atoms with E-state index in [1.165, 1.54) is 22.3 Å². The first-order valence-corrected chi connectivity index (χ1v) is 10.9. The summed E-state index contributed by atoms with van der Waals surface area (Å²) >= 11 is 0. The van der Waals surface area contributed by atoms with Gasteiger partial charge in [-0.05, 0) is 59.6 Å². The number of hydrogen-bond donors (Lipinski definition) is 1. The van der Waals surface area contributed by atoms with Gasteiger partial charge in [0, 0.05) is 17.8 Å². The van der Waals surface area contributed by atoms with Crippen LogP contribution in [-0.4, -0.2) is 6.21 Å². The lowest BCUT2D eigenvalue weighted by Gasteiger charge is -2.18. The summed E-state index contributed by atoms with van der Waals surface area (Å²) < 4.78 is 0. The van der Waals surface area contributed by atoms with Crippen LogP contribution < -0.4 is 5.73 Å². The number of allylic oxidation sites excluding steroid dienone is 7. The predicted molar refractivity (Wildman–Crippen MR) is 128 cm³/mol. The fourth-order valence-corrected chi connectivity index (χ4v) is 4.25. The van der Waals surface area contributed by atoms with E-state index in [0.717, 1.165) is 25.0 Å². The number of hydrogen-bond acceptors (Lipinski definition) is 2. The van der Waals surface area contributed by atoms with E-state index in [4.69, 9.17) is 10.7 Å². The van der Waals surface area contributed by atoms with Crippen LogP contribution in [0.25, 0.3) is 5.57 Å². The maximum absolute atomic E-state index is 6.32. The molecule has 0 saturated carbocycles. The first-order valence-electron chi connectivity index (χ1n) is 10.9. The molecule has 0 fully saturated rings. The van der Waals surface area contributed by atoms with Crippen molar-refractivity contribution in [1.82, 2.24) is 0 Å². The summed E-state index contributed by atoms with van der Waals surface area (Å²) in [5, 5.41) is 0. The molecule has 0 spiro atoms. The Morgan fingerprint density at radius 3 is 2.67 bits per heavy atom. The van der Waals surface area contributed by atoms with E-state index >= 15 is 0 Å². The molecule has 1 aliphatic carbocycles. The summed E-state index contributed by atoms with van der Waals surface area (Å²) in [5.74, 6) is 0.775. The highest BCUT2D eigenvalue weighted by molar-refractivity contribution is 6.11. The van der Waals surface area contributed by atoms with Crippen LogP contribution in [0, 0.1) is 5.92 Å². The van der Waals surface area contributed by atoms with Crippen LogP contribution in [0.2, 0.25) is 0 Å². The third-order valence-corrected chi connectivity index (χ3v) is 6.05. The van der Waals surface area contributed by atoms with Gasteiger partial charge in [0.05, 0.1) is 6.04 Å². The number of rotatable bonds is 6. The Kier molecular flexibility index (Phi) is 6.44. The molecule has 2 aliphatic rings. The van der Waals surface area contributed by atoms with E-state index in [1.54, 1.807) is 0 Å². The van der Waals surface area contributed by atoms with Crippen LogP contribution in [-0.2, 0) is 0 Å². The van der Waals surface area contributed by atoms with Crippen molar-refractivity contribution in [2.24, 2.45) is 16.6 Å². The lowest BCUT2D eigenvalue weighted by molar-refractivity contribution is 0.547. The van der Waals surface area contributed by atoms with Crippen LogP contribution in [0.4, 0.5) is 0 Å². The predicted octanol–water partition coefficient (Wildman–Crippen LogP) is 6.75. The van der Waals surface area contributed by atoms with Gasteiger partial charge in [0.25, 0.3) is 0 Å². The minimum atomic E-state index is 0.0712. The van der Waals surface area contributed by atoms with Crippen LogP contribution in [0.1, 0.15) is 54.8 Å². The summed E-state index contributed by atoms with van der Waals surface area (Å²) in [6, 6.07) is 19.2. The molecule has 1 heterocycles. The Balaban J connectivity index is 1.50. The van der Waals surface area contributed by atoms with Gasteiger partial charge in [0.2, 0.25) is 0 Å². The van der Waals surface area contributed by atoms with Gasteiger partial charge in [0.1, 0.15) is 0 Å². The van der Waals surface area contributed by atoms with Gasteiger partial charge < -0.3 is 5.73 Å². The van der Waals surface area contributed by atoms with Crippen molar-refractivity contribution in [3.63, 3.8) is 0 Å². The average molecular weight is 395 g/mol. The second-order valence-electron chi connectivity index (χ2n) is 8.16. The fourth-order valence-electron chi connectivity index (χ4n) is 4.25. The molecule has 3 atom stereocenters. The zero-order valence-corrected chi connectivity index (χ0v) is 17.6. The number of aliphatic imine (C=N–C) groups is 1. The summed E-state index contributed by atoms with van der Waals surface area (Å²) in [4.78, 5) is 4.80. The van der Waals surface area contributed by atoms with Gasteiger partial charge in [-0.15, -0.1) is 0 Å². The monoisotopic (exact) mass is 394 g/mol. The Hall–Kier alpha value is -3.13. The van der Waals surface area contributed by atoms with Gasteiger partial charge in [-0.3, -0.25) is 4.99 Å². The third-order valence-electron chi connectivity index (χ3n) is 6.05. The highest BCUT2D eigenvalue weighted by Gasteiger charge is 2.19. The van der Waals surface area contributed by atoms with Gasteiger partial charge in [-0.1, -0.05) is 85.8 Å². The van der Waals surface area contributed by atoms with E-state index < -0.39 is 0 Å². The average Bonchev–Trinajstić information content (AvgIpc) is 3.30. The van der Waals surface area contributed by atoms with E-state index in [9.17, 15) is 0 Å². The number of nitrogens with two attached hydrogens (primary N) is 1. The van der Waals surface area contributed by atoms with Gasteiger partial charge in [-0.2, -0.15) is 0 Å². The van der Waals surface area contributed by atoms with Crippen molar-refractivity contribution in [2.45, 2.75) is 38.1 Å². The van der Waals surface area contributed by atoms with Gasteiger partial charge in [0.15, 0.2) is 0 Å². The molecule has 0 amide bonds. The third kappa shape index (κ3) is 4.71. The minimum absolute atomic E-state index is 0.0712. The quantitative estimate of drug-likeness (QED) is 0.427. The Morgan fingerprint density at radius 2 is 1.87 bits per heavy atom. The van der Waals surface area contributed by atoms with Crippen molar-refractivity contribution < 1.29 is 0 Å². The molecule has 2 heteroatoms. The summed E-state index contributed by atoms with van der Waals surface area (Å²) in [6.07, 6.45) is 18.6. The fraction of sp³-hybridized carbons (Fsp3) is 0.250. The van der Waals surface area contributed by atoms with Crippen LogP contribution in [0.15, 0.2) is 102 Å². The van der Waals surface area contributed by atoms with Crippen molar-refractivity contribution in [2.75, 3.05) is 0 Å². The molecule has 30 heavy (non-hydrogen) atoms. The normalized spacial score (nSPS) is 22.4.